The maximum absolute atomic E-state index is 12.2. The first-order chi connectivity index (χ1) is 10.8. The van der Waals surface area contributed by atoms with Gasteiger partial charge in [-0.15, -0.1) is 22.7 Å². The van der Waals surface area contributed by atoms with Crippen molar-refractivity contribution in [3.63, 3.8) is 0 Å². The average molecular weight is 330 g/mol. The van der Waals surface area contributed by atoms with Gasteiger partial charge in [-0.05, 0) is 42.6 Å². The predicted molar refractivity (Wildman–Crippen MR) is 91.0 cm³/mol. The molecular weight excluding hydrogens is 316 g/mol. The Labute approximate surface area is 136 Å². The molecule has 112 valence electrons. The van der Waals surface area contributed by atoms with Gasteiger partial charge >= 0.3 is 0 Å². The van der Waals surface area contributed by atoms with Crippen LogP contribution in [0.3, 0.4) is 0 Å². The monoisotopic (exact) mass is 330 g/mol. The van der Waals surface area contributed by atoms with E-state index in [-0.39, 0.29) is 5.91 Å². The average Bonchev–Trinajstić information content (AvgIpc) is 3.20. The number of benzene rings is 1. The largest absolute Gasteiger partial charge is 0.494 e. The van der Waals surface area contributed by atoms with Crippen molar-refractivity contribution in [3.8, 4) is 15.6 Å². The van der Waals surface area contributed by atoms with Crippen LogP contribution in [0, 0.1) is 0 Å². The SMILES string of the molecule is CCOc1ccc(NC(=O)c2cnc(-c3cccs3)s2)cc1. The Balaban J connectivity index is 1.69. The first-order valence-electron chi connectivity index (χ1n) is 6.80. The summed E-state index contributed by atoms with van der Waals surface area (Å²) in [5, 5.41) is 5.73. The normalized spacial score (nSPS) is 10.4. The molecular formula is C16H14N2O2S2. The number of ether oxygens (including phenoxy) is 1. The molecule has 1 N–H and O–H groups in total. The Kier molecular flexibility index (Phi) is 4.50. The molecule has 0 aliphatic rings. The molecule has 3 rings (SSSR count). The molecule has 1 amide bonds. The molecule has 2 aromatic heterocycles. The molecule has 3 aromatic rings. The second-order valence-electron chi connectivity index (χ2n) is 4.42. The summed E-state index contributed by atoms with van der Waals surface area (Å²) in [6.45, 7) is 2.56. The molecule has 1 aromatic carbocycles. The molecule has 0 saturated carbocycles. The fraction of sp³-hybridized carbons (Fsp3) is 0.125. The quantitative estimate of drug-likeness (QED) is 0.748. The Morgan fingerprint density at radius 2 is 2.09 bits per heavy atom. The fourth-order valence-electron chi connectivity index (χ4n) is 1.89. The summed E-state index contributed by atoms with van der Waals surface area (Å²) >= 11 is 3.01. The van der Waals surface area contributed by atoms with Gasteiger partial charge in [-0.3, -0.25) is 4.79 Å². The van der Waals surface area contributed by atoms with Gasteiger partial charge in [-0.1, -0.05) is 6.07 Å². The van der Waals surface area contributed by atoms with Crippen LogP contribution in [0.1, 0.15) is 16.6 Å². The van der Waals surface area contributed by atoms with Crippen molar-refractivity contribution < 1.29 is 9.53 Å². The molecule has 0 saturated heterocycles. The molecule has 4 nitrogen and oxygen atoms in total. The number of amides is 1. The molecule has 6 heteroatoms. The number of thiophene rings is 1. The minimum absolute atomic E-state index is 0.149. The minimum Gasteiger partial charge on any atom is -0.494 e. The zero-order chi connectivity index (χ0) is 15.4. The van der Waals surface area contributed by atoms with Gasteiger partial charge in [0.25, 0.3) is 5.91 Å². The van der Waals surface area contributed by atoms with Gasteiger partial charge in [-0.25, -0.2) is 4.98 Å². The summed E-state index contributed by atoms with van der Waals surface area (Å²) in [5.74, 6) is 0.641. The summed E-state index contributed by atoms with van der Waals surface area (Å²) in [6, 6.07) is 11.3. The topological polar surface area (TPSA) is 51.2 Å². The summed E-state index contributed by atoms with van der Waals surface area (Å²) in [7, 11) is 0. The van der Waals surface area contributed by atoms with Gasteiger partial charge < -0.3 is 10.1 Å². The molecule has 0 unspecified atom stereocenters. The number of aromatic nitrogens is 1. The van der Waals surface area contributed by atoms with Crippen LogP contribution < -0.4 is 10.1 Å². The highest BCUT2D eigenvalue weighted by Gasteiger charge is 2.12. The maximum atomic E-state index is 12.2. The van der Waals surface area contributed by atoms with Gasteiger partial charge in [0.15, 0.2) is 0 Å². The van der Waals surface area contributed by atoms with E-state index in [0.717, 1.165) is 21.3 Å². The molecule has 0 aliphatic carbocycles. The van der Waals surface area contributed by atoms with Crippen LogP contribution in [0.5, 0.6) is 5.75 Å². The number of hydrogen-bond donors (Lipinski definition) is 1. The summed E-state index contributed by atoms with van der Waals surface area (Å²) in [5.41, 5.74) is 0.736. The Hall–Kier alpha value is -2.18. The van der Waals surface area contributed by atoms with Crippen LogP contribution in [0.4, 0.5) is 5.69 Å². The summed E-state index contributed by atoms with van der Waals surface area (Å²) in [6.07, 6.45) is 1.61. The first-order valence-corrected chi connectivity index (χ1v) is 8.50. The number of carbonyl (C=O) groups is 1. The van der Waals surface area contributed by atoms with Crippen molar-refractivity contribution in [1.29, 1.82) is 0 Å². The lowest BCUT2D eigenvalue weighted by Crippen LogP contribution is -2.09. The molecule has 0 atom stereocenters. The number of carbonyl (C=O) groups excluding carboxylic acids is 1. The lowest BCUT2D eigenvalue weighted by atomic mass is 10.3. The molecule has 0 aliphatic heterocycles. The number of rotatable bonds is 5. The van der Waals surface area contributed by atoms with Gasteiger partial charge in [0.2, 0.25) is 0 Å². The lowest BCUT2D eigenvalue weighted by Gasteiger charge is -2.05. The van der Waals surface area contributed by atoms with Crippen molar-refractivity contribution in [2.75, 3.05) is 11.9 Å². The van der Waals surface area contributed by atoms with Crippen molar-refractivity contribution in [2.24, 2.45) is 0 Å². The van der Waals surface area contributed by atoms with Crippen LogP contribution in [0.25, 0.3) is 9.88 Å². The minimum atomic E-state index is -0.149. The number of nitrogens with one attached hydrogen (secondary N) is 1. The third-order valence-electron chi connectivity index (χ3n) is 2.88. The Bertz CT molecular complexity index is 749. The van der Waals surface area contributed by atoms with Gasteiger partial charge in [0, 0.05) is 5.69 Å². The van der Waals surface area contributed by atoms with Crippen LogP contribution in [-0.4, -0.2) is 17.5 Å². The standard InChI is InChI=1S/C16H14N2O2S2/c1-2-20-12-7-5-11(6-8-12)18-15(19)14-10-17-16(22-14)13-4-3-9-21-13/h3-10H,2H2,1H3,(H,18,19). The summed E-state index contributed by atoms with van der Waals surface area (Å²) < 4.78 is 5.38. The Morgan fingerprint density at radius 3 is 2.77 bits per heavy atom. The number of thiazole rings is 1. The van der Waals surface area contributed by atoms with E-state index in [1.54, 1.807) is 17.5 Å². The van der Waals surface area contributed by atoms with Gasteiger partial charge in [0.1, 0.15) is 15.6 Å². The lowest BCUT2D eigenvalue weighted by molar-refractivity contribution is 0.103. The van der Waals surface area contributed by atoms with Crippen LogP contribution >= 0.6 is 22.7 Å². The van der Waals surface area contributed by atoms with Crippen LogP contribution in [0.15, 0.2) is 48.0 Å². The van der Waals surface area contributed by atoms with Gasteiger partial charge in [0.05, 0.1) is 17.7 Å². The van der Waals surface area contributed by atoms with E-state index in [1.165, 1.54) is 11.3 Å². The van der Waals surface area contributed by atoms with Crippen molar-refractivity contribution in [1.82, 2.24) is 4.98 Å². The van der Waals surface area contributed by atoms with Crippen molar-refractivity contribution in [2.45, 2.75) is 6.92 Å². The van der Waals surface area contributed by atoms with Crippen molar-refractivity contribution in [3.05, 3.63) is 52.9 Å². The number of hydrogen-bond acceptors (Lipinski definition) is 5. The smallest absolute Gasteiger partial charge is 0.267 e. The Morgan fingerprint density at radius 1 is 1.27 bits per heavy atom. The number of anilines is 1. The highest BCUT2D eigenvalue weighted by Crippen LogP contribution is 2.29. The molecule has 0 fully saturated rings. The highest BCUT2D eigenvalue weighted by molar-refractivity contribution is 7.22. The fourth-order valence-corrected chi connectivity index (χ4v) is 3.50. The zero-order valence-electron chi connectivity index (χ0n) is 11.9. The molecule has 0 spiro atoms. The predicted octanol–water partition coefficient (Wildman–Crippen LogP) is 4.52. The van der Waals surface area contributed by atoms with Gasteiger partial charge in [-0.2, -0.15) is 0 Å². The second kappa shape index (κ2) is 6.72. The first kappa shape index (κ1) is 14.7. The molecule has 0 radical (unpaired) electrons. The molecule has 2 heterocycles. The van der Waals surface area contributed by atoms with E-state index in [4.69, 9.17) is 4.74 Å². The van der Waals surface area contributed by atoms with Crippen LogP contribution in [-0.2, 0) is 0 Å². The van der Waals surface area contributed by atoms with E-state index < -0.39 is 0 Å². The third-order valence-corrected chi connectivity index (χ3v) is 4.92. The van der Waals surface area contributed by atoms with E-state index in [0.29, 0.717) is 11.5 Å². The summed E-state index contributed by atoms with van der Waals surface area (Å²) in [4.78, 5) is 18.2. The van der Waals surface area contributed by atoms with Crippen LogP contribution in [0.2, 0.25) is 0 Å². The highest BCUT2D eigenvalue weighted by atomic mass is 32.1. The maximum Gasteiger partial charge on any atom is 0.267 e. The second-order valence-corrected chi connectivity index (χ2v) is 6.40. The van der Waals surface area contributed by atoms with E-state index in [2.05, 4.69) is 10.3 Å². The van der Waals surface area contributed by atoms with Crippen molar-refractivity contribution >= 4 is 34.3 Å². The zero-order valence-corrected chi connectivity index (χ0v) is 13.5. The number of nitrogens with zero attached hydrogens (tertiary/aromatic N) is 1. The molecule has 22 heavy (non-hydrogen) atoms. The van der Waals surface area contributed by atoms with E-state index in [9.17, 15) is 4.79 Å². The third kappa shape index (κ3) is 3.35. The van der Waals surface area contributed by atoms with E-state index >= 15 is 0 Å². The van der Waals surface area contributed by atoms with E-state index in [1.807, 2.05) is 48.7 Å². The molecule has 0 bridgehead atoms.